The van der Waals surface area contributed by atoms with E-state index in [1.165, 1.54) is 18.3 Å². The molecule has 2 rings (SSSR count). The van der Waals surface area contributed by atoms with E-state index in [1.807, 2.05) is 0 Å². The van der Waals surface area contributed by atoms with Crippen molar-refractivity contribution in [3.63, 3.8) is 0 Å². The van der Waals surface area contributed by atoms with Gasteiger partial charge >= 0.3 is 5.69 Å². The van der Waals surface area contributed by atoms with E-state index in [0.717, 1.165) is 0 Å². The molecule has 0 fully saturated rings. The zero-order valence-electron chi connectivity index (χ0n) is 7.77. The second-order valence-electron chi connectivity index (χ2n) is 2.95. The summed E-state index contributed by atoms with van der Waals surface area (Å²) in [6.07, 6.45) is 1.51. The average Bonchev–Trinajstić information content (AvgIpc) is 2.22. The van der Waals surface area contributed by atoms with Gasteiger partial charge in [0.15, 0.2) is 0 Å². The van der Waals surface area contributed by atoms with Gasteiger partial charge in [-0.05, 0) is 30.3 Å². The monoisotopic (exact) mass is 203 g/mol. The molecule has 1 heterocycles. The number of hydrogen-bond donors (Lipinski definition) is 3. The third-order valence-electron chi connectivity index (χ3n) is 1.80. The summed E-state index contributed by atoms with van der Waals surface area (Å²) >= 11 is 0. The molecule has 0 spiro atoms. The van der Waals surface area contributed by atoms with Gasteiger partial charge in [0, 0.05) is 6.20 Å². The highest BCUT2D eigenvalue weighted by Crippen LogP contribution is 2.15. The van der Waals surface area contributed by atoms with Crippen LogP contribution in [0.5, 0.6) is 5.75 Å². The molecule has 5 nitrogen and oxygen atoms in total. The molecule has 0 unspecified atom stereocenters. The fourth-order valence-corrected chi connectivity index (χ4v) is 1.12. The van der Waals surface area contributed by atoms with E-state index in [0.29, 0.717) is 11.2 Å². The second-order valence-corrected chi connectivity index (χ2v) is 2.95. The second kappa shape index (κ2) is 3.83. The highest BCUT2D eigenvalue weighted by molar-refractivity contribution is 5.40. The summed E-state index contributed by atoms with van der Waals surface area (Å²) in [5.74, 6) is 0.184. The van der Waals surface area contributed by atoms with Crippen molar-refractivity contribution in [1.82, 2.24) is 9.97 Å². The van der Waals surface area contributed by atoms with Crippen LogP contribution in [0, 0.1) is 0 Å². The lowest BCUT2D eigenvalue weighted by Gasteiger charge is -1.93. The molecule has 0 aliphatic heterocycles. The third-order valence-corrected chi connectivity index (χ3v) is 1.80. The minimum Gasteiger partial charge on any atom is -0.508 e. The molecular weight excluding hydrogens is 194 g/mol. The van der Waals surface area contributed by atoms with Gasteiger partial charge < -0.3 is 10.1 Å². The number of hydrogen-bond acceptors (Lipinski definition) is 3. The molecule has 0 saturated carbocycles. The Kier molecular flexibility index (Phi) is 2.37. The normalized spacial score (nSPS) is 11.6. The Hall–Kier alpha value is -2.30. The number of phenolic OH excluding ortho intramolecular Hbond substituents is 1. The van der Waals surface area contributed by atoms with Gasteiger partial charge in [-0.25, -0.2) is 9.79 Å². The quantitative estimate of drug-likeness (QED) is 0.635. The molecule has 1 aromatic carbocycles. The van der Waals surface area contributed by atoms with Gasteiger partial charge in [0.05, 0.1) is 5.69 Å². The van der Waals surface area contributed by atoms with Gasteiger partial charge in [0.25, 0.3) is 0 Å². The molecule has 76 valence electrons. The van der Waals surface area contributed by atoms with E-state index in [9.17, 15) is 4.79 Å². The highest BCUT2D eigenvalue weighted by atomic mass is 16.3. The van der Waals surface area contributed by atoms with E-state index in [2.05, 4.69) is 15.0 Å². The van der Waals surface area contributed by atoms with Crippen molar-refractivity contribution in [2.75, 3.05) is 0 Å². The van der Waals surface area contributed by atoms with Gasteiger partial charge in [0.1, 0.15) is 11.2 Å². The van der Waals surface area contributed by atoms with Crippen LogP contribution in [-0.4, -0.2) is 15.1 Å². The number of nitrogens with one attached hydrogen (secondary N) is 2. The van der Waals surface area contributed by atoms with Gasteiger partial charge in [-0.2, -0.15) is 0 Å². The number of nitrogens with zero attached hydrogens (tertiary/aromatic N) is 1. The largest absolute Gasteiger partial charge is 0.508 e. The Balaban J connectivity index is 2.46. The van der Waals surface area contributed by atoms with Crippen molar-refractivity contribution in [3.8, 4) is 5.75 Å². The summed E-state index contributed by atoms with van der Waals surface area (Å²) in [6, 6.07) is 8.03. The Morgan fingerprint density at radius 3 is 2.53 bits per heavy atom. The SMILES string of the molecule is O=c1[nH]ccc(=Nc2ccc(O)cc2)[nH]1. The number of aromatic hydroxyl groups is 1. The topological polar surface area (TPSA) is 81.2 Å². The Bertz CT molecular complexity index is 566. The van der Waals surface area contributed by atoms with Crippen molar-refractivity contribution in [3.05, 3.63) is 52.5 Å². The van der Waals surface area contributed by atoms with Gasteiger partial charge in [-0.15, -0.1) is 0 Å². The number of benzene rings is 1. The first-order chi connectivity index (χ1) is 7.24. The predicted molar refractivity (Wildman–Crippen MR) is 54.7 cm³/mol. The maximum Gasteiger partial charge on any atom is 0.324 e. The van der Waals surface area contributed by atoms with E-state index >= 15 is 0 Å². The lowest BCUT2D eigenvalue weighted by atomic mass is 10.3. The zero-order valence-corrected chi connectivity index (χ0v) is 7.77. The molecule has 5 heteroatoms. The number of rotatable bonds is 1. The fourth-order valence-electron chi connectivity index (χ4n) is 1.12. The number of aromatic amines is 2. The molecule has 1 aromatic heterocycles. The molecule has 3 N–H and O–H groups in total. The van der Waals surface area contributed by atoms with Crippen LogP contribution in [0.15, 0.2) is 46.3 Å². The number of H-pyrrole nitrogens is 2. The van der Waals surface area contributed by atoms with Gasteiger partial charge in [-0.1, -0.05) is 0 Å². The van der Waals surface area contributed by atoms with Crippen LogP contribution in [0.1, 0.15) is 0 Å². The zero-order chi connectivity index (χ0) is 10.7. The molecular formula is C10H9N3O2. The molecule has 0 atom stereocenters. The van der Waals surface area contributed by atoms with Crippen LogP contribution in [0.4, 0.5) is 5.69 Å². The van der Waals surface area contributed by atoms with Crippen molar-refractivity contribution in [2.24, 2.45) is 4.99 Å². The average molecular weight is 203 g/mol. The first-order valence-electron chi connectivity index (χ1n) is 4.36. The van der Waals surface area contributed by atoms with Gasteiger partial charge in [0.2, 0.25) is 0 Å². The predicted octanol–water partition coefficient (Wildman–Crippen LogP) is 0.641. The maximum atomic E-state index is 10.9. The molecule has 0 saturated heterocycles. The minimum atomic E-state index is -0.310. The first kappa shape index (κ1) is 9.26. The molecule has 0 aliphatic carbocycles. The van der Waals surface area contributed by atoms with Crippen LogP contribution in [0.3, 0.4) is 0 Å². The lowest BCUT2D eigenvalue weighted by molar-refractivity contribution is 0.475. The smallest absolute Gasteiger partial charge is 0.324 e. The van der Waals surface area contributed by atoms with Crippen LogP contribution < -0.4 is 11.2 Å². The van der Waals surface area contributed by atoms with Crippen LogP contribution >= 0.6 is 0 Å². The van der Waals surface area contributed by atoms with Crippen molar-refractivity contribution >= 4 is 5.69 Å². The number of aromatic nitrogens is 2. The van der Waals surface area contributed by atoms with Crippen molar-refractivity contribution < 1.29 is 5.11 Å². The summed E-state index contributed by atoms with van der Waals surface area (Å²) in [5.41, 5.74) is 0.814. The summed E-state index contributed by atoms with van der Waals surface area (Å²) in [6.45, 7) is 0. The Morgan fingerprint density at radius 1 is 1.13 bits per heavy atom. The summed E-state index contributed by atoms with van der Waals surface area (Å²) in [5, 5.41) is 9.06. The molecule has 2 aromatic rings. The summed E-state index contributed by atoms with van der Waals surface area (Å²) < 4.78 is 0. The molecule has 0 amide bonds. The molecule has 15 heavy (non-hydrogen) atoms. The van der Waals surface area contributed by atoms with E-state index < -0.39 is 0 Å². The molecule has 0 bridgehead atoms. The fraction of sp³-hybridized carbons (Fsp3) is 0. The standard InChI is InChI=1S/C10H9N3O2/c14-8-3-1-7(2-4-8)12-9-5-6-11-10(15)13-9/h1-6,14H,(H2,11,12,13,15). The van der Waals surface area contributed by atoms with Crippen molar-refractivity contribution in [1.29, 1.82) is 0 Å². The Morgan fingerprint density at radius 2 is 1.87 bits per heavy atom. The van der Waals surface area contributed by atoms with Crippen LogP contribution in [-0.2, 0) is 0 Å². The highest BCUT2D eigenvalue weighted by Gasteiger charge is 1.89. The van der Waals surface area contributed by atoms with E-state index in [4.69, 9.17) is 5.11 Å². The van der Waals surface area contributed by atoms with Gasteiger partial charge in [-0.3, -0.25) is 4.98 Å². The molecule has 0 aliphatic rings. The van der Waals surface area contributed by atoms with Crippen molar-refractivity contribution in [2.45, 2.75) is 0 Å². The summed E-state index contributed by atoms with van der Waals surface area (Å²) in [4.78, 5) is 20.1. The summed E-state index contributed by atoms with van der Waals surface area (Å²) in [7, 11) is 0. The first-order valence-corrected chi connectivity index (χ1v) is 4.36. The molecule has 0 radical (unpaired) electrons. The van der Waals surface area contributed by atoms with E-state index in [1.54, 1.807) is 18.2 Å². The number of phenols is 1. The minimum absolute atomic E-state index is 0.184. The van der Waals surface area contributed by atoms with Crippen LogP contribution in [0.25, 0.3) is 0 Å². The third kappa shape index (κ3) is 2.34. The van der Waals surface area contributed by atoms with Crippen LogP contribution in [0.2, 0.25) is 0 Å². The van der Waals surface area contributed by atoms with E-state index in [-0.39, 0.29) is 11.4 Å². The lowest BCUT2D eigenvalue weighted by Crippen LogP contribution is -2.20. The maximum absolute atomic E-state index is 10.9. The Labute approximate surface area is 84.8 Å².